The molecule has 5 heteroatoms. The van der Waals surface area contributed by atoms with Gasteiger partial charge in [0.25, 0.3) is 0 Å². The van der Waals surface area contributed by atoms with Crippen LogP contribution in [0.1, 0.15) is 31.9 Å². The lowest BCUT2D eigenvalue weighted by Gasteiger charge is -2.12. The van der Waals surface area contributed by atoms with Crippen molar-refractivity contribution in [2.45, 2.75) is 32.7 Å². The molecule has 1 N–H and O–H groups in total. The third kappa shape index (κ3) is 3.07. The molecule has 2 aromatic heterocycles. The molecule has 3 rings (SSSR count). The van der Waals surface area contributed by atoms with Gasteiger partial charge in [-0.1, -0.05) is 32.0 Å². The van der Waals surface area contributed by atoms with Gasteiger partial charge in [0.15, 0.2) is 0 Å². The average Bonchev–Trinajstić information content (AvgIpc) is 3.01. The van der Waals surface area contributed by atoms with Crippen molar-refractivity contribution in [3.63, 3.8) is 0 Å². The minimum absolute atomic E-state index is 0.0513. The second-order valence-electron chi connectivity index (χ2n) is 5.79. The first-order chi connectivity index (χ1) is 11.3. The fourth-order valence-electron chi connectivity index (χ4n) is 2.84. The minimum atomic E-state index is 0.0513. The highest BCUT2D eigenvalue weighted by molar-refractivity contribution is 6.03. The number of imidazole rings is 1. The summed E-state index contributed by atoms with van der Waals surface area (Å²) in [7, 11) is 0. The molecule has 1 aromatic carbocycles. The molecule has 0 saturated carbocycles. The first kappa shape index (κ1) is 15.9. The Morgan fingerprint density at radius 1 is 1.26 bits per heavy atom. The maximum atomic E-state index is 8.81. The second-order valence-corrected chi connectivity index (χ2v) is 5.79. The van der Waals surface area contributed by atoms with E-state index in [0.29, 0.717) is 25.7 Å². The molecule has 2 heterocycles. The summed E-state index contributed by atoms with van der Waals surface area (Å²) >= 11 is 0. The predicted molar refractivity (Wildman–Crippen MR) is 91.6 cm³/mol. The van der Waals surface area contributed by atoms with Crippen LogP contribution in [0, 0.1) is 0 Å². The summed E-state index contributed by atoms with van der Waals surface area (Å²) in [6.07, 6.45) is 2.90. The Hall–Kier alpha value is -1.98. The molecule has 3 aromatic rings. The number of aromatic nitrogens is 3. The van der Waals surface area contributed by atoms with Gasteiger partial charge in [0.2, 0.25) is 0 Å². The largest absolute Gasteiger partial charge is 0.394 e. The van der Waals surface area contributed by atoms with Crippen LogP contribution in [0.5, 0.6) is 0 Å². The lowest BCUT2D eigenvalue weighted by atomic mass is 10.0. The topological polar surface area (TPSA) is 60.2 Å². The third-order valence-corrected chi connectivity index (χ3v) is 4.27. The van der Waals surface area contributed by atoms with E-state index >= 15 is 0 Å². The van der Waals surface area contributed by atoms with Crippen LogP contribution in [0.3, 0.4) is 0 Å². The number of para-hydroxylation sites is 1. The fraction of sp³-hybridized carbons (Fsp3) is 0.444. The Kier molecular flexibility index (Phi) is 4.88. The summed E-state index contributed by atoms with van der Waals surface area (Å²) < 4.78 is 7.53. The Morgan fingerprint density at radius 2 is 2.09 bits per heavy atom. The smallest absolute Gasteiger partial charge is 0.111 e. The van der Waals surface area contributed by atoms with E-state index in [2.05, 4.69) is 35.5 Å². The van der Waals surface area contributed by atoms with E-state index in [4.69, 9.17) is 14.8 Å². The van der Waals surface area contributed by atoms with E-state index in [1.165, 1.54) is 0 Å². The van der Waals surface area contributed by atoms with Gasteiger partial charge in [-0.25, -0.2) is 4.98 Å². The second kappa shape index (κ2) is 7.06. The van der Waals surface area contributed by atoms with Gasteiger partial charge in [-0.15, -0.1) is 0 Å². The maximum absolute atomic E-state index is 8.81. The Labute approximate surface area is 135 Å². The molecule has 23 heavy (non-hydrogen) atoms. The van der Waals surface area contributed by atoms with Crippen LogP contribution in [0.15, 0.2) is 30.6 Å². The summed E-state index contributed by atoms with van der Waals surface area (Å²) in [6, 6.07) is 8.21. The summed E-state index contributed by atoms with van der Waals surface area (Å²) in [5.41, 5.74) is 4.18. The molecule has 5 nitrogen and oxygen atoms in total. The van der Waals surface area contributed by atoms with E-state index in [-0.39, 0.29) is 6.61 Å². The first-order valence-electron chi connectivity index (χ1n) is 8.18. The normalized spacial score (nSPS) is 13.0. The summed E-state index contributed by atoms with van der Waals surface area (Å²) in [4.78, 5) is 9.49. The number of hydrogen-bond donors (Lipinski definition) is 1. The van der Waals surface area contributed by atoms with Crippen LogP contribution in [0.2, 0.25) is 0 Å². The zero-order valence-corrected chi connectivity index (χ0v) is 13.7. The van der Waals surface area contributed by atoms with Crippen LogP contribution in [0.25, 0.3) is 21.9 Å². The molecule has 1 atom stereocenters. The summed E-state index contributed by atoms with van der Waals surface area (Å²) in [5, 5.41) is 9.93. The number of aliphatic hydroxyl groups is 1. The van der Waals surface area contributed by atoms with Gasteiger partial charge in [0.1, 0.15) is 5.52 Å². The first-order valence-corrected chi connectivity index (χ1v) is 8.18. The van der Waals surface area contributed by atoms with E-state index < -0.39 is 0 Å². The van der Waals surface area contributed by atoms with E-state index in [1.54, 1.807) is 0 Å². The standard InChI is InChI=1S/C18H23N3O2/c1-3-13(2)16-17-18(14-6-4-5-7-15(14)20-16)21(12-19-17)8-10-23-11-9-22/h4-7,12-13,22H,3,8-11H2,1-2H3. The molecule has 0 aliphatic rings. The van der Waals surface area contributed by atoms with Crippen molar-refractivity contribution < 1.29 is 9.84 Å². The monoisotopic (exact) mass is 313 g/mol. The molecular formula is C18H23N3O2. The van der Waals surface area contributed by atoms with Crippen molar-refractivity contribution in [1.29, 1.82) is 0 Å². The number of nitrogens with zero attached hydrogens (tertiary/aromatic N) is 3. The SMILES string of the molecule is CCC(C)c1nc2ccccc2c2c1ncn2CCOCCO. The van der Waals surface area contributed by atoms with E-state index in [1.807, 2.05) is 18.5 Å². The van der Waals surface area contributed by atoms with Crippen LogP contribution in [-0.4, -0.2) is 39.5 Å². The predicted octanol–water partition coefficient (Wildman–Crippen LogP) is 3.11. The molecule has 0 bridgehead atoms. The average molecular weight is 313 g/mol. The van der Waals surface area contributed by atoms with Crippen molar-refractivity contribution in [3.8, 4) is 0 Å². The zero-order chi connectivity index (χ0) is 16.2. The van der Waals surface area contributed by atoms with Crippen LogP contribution in [-0.2, 0) is 11.3 Å². The third-order valence-electron chi connectivity index (χ3n) is 4.27. The highest BCUT2D eigenvalue weighted by Gasteiger charge is 2.17. The molecule has 0 amide bonds. The lowest BCUT2D eigenvalue weighted by Crippen LogP contribution is -2.08. The van der Waals surface area contributed by atoms with Crippen molar-refractivity contribution in [3.05, 3.63) is 36.3 Å². The van der Waals surface area contributed by atoms with Crippen LogP contribution < -0.4 is 0 Å². The molecule has 0 spiro atoms. The van der Waals surface area contributed by atoms with Gasteiger partial charge in [-0.2, -0.15) is 0 Å². The van der Waals surface area contributed by atoms with Crippen molar-refractivity contribution >= 4 is 21.9 Å². The van der Waals surface area contributed by atoms with Crippen molar-refractivity contribution in [2.24, 2.45) is 0 Å². The van der Waals surface area contributed by atoms with Gasteiger partial charge in [-0.3, -0.25) is 4.98 Å². The Balaban J connectivity index is 2.10. The number of fused-ring (bicyclic) bond motifs is 3. The highest BCUT2D eigenvalue weighted by atomic mass is 16.5. The number of benzene rings is 1. The molecule has 1 unspecified atom stereocenters. The minimum Gasteiger partial charge on any atom is -0.394 e. The molecule has 0 saturated heterocycles. The van der Waals surface area contributed by atoms with Gasteiger partial charge < -0.3 is 14.4 Å². The van der Waals surface area contributed by atoms with Crippen LogP contribution in [0.4, 0.5) is 0 Å². The molecule has 0 radical (unpaired) electrons. The van der Waals surface area contributed by atoms with Gasteiger partial charge >= 0.3 is 0 Å². The molecule has 0 aliphatic heterocycles. The van der Waals surface area contributed by atoms with Crippen LogP contribution >= 0.6 is 0 Å². The number of aliphatic hydroxyl groups excluding tert-OH is 1. The van der Waals surface area contributed by atoms with Gasteiger partial charge in [0.05, 0.1) is 42.9 Å². The number of pyridine rings is 1. The molecular weight excluding hydrogens is 290 g/mol. The lowest BCUT2D eigenvalue weighted by molar-refractivity contribution is 0.0875. The molecule has 122 valence electrons. The van der Waals surface area contributed by atoms with E-state index in [9.17, 15) is 0 Å². The number of ether oxygens (including phenoxy) is 1. The summed E-state index contributed by atoms with van der Waals surface area (Å²) in [6.45, 7) is 6.06. The Bertz CT molecular complexity index is 797. The molecule has 0 fully saturated rings. The Morgan fingerprint density at radius 3 is 2.87 bits per heavy atom. The summed E-state index contributed by atoms with van der Waals surface area (Å²) in [5.74, 6) is 0.371. The van der Waals surface area contributed by atoms with Crippen molar-refractivity contribution in [1.82, 2.24) is 14.5 Å². The molecule has 0 aliphatic carbocycles. The number of hydrogen-bond acceptors (Lipinski definition) is 4. The quantitative estimate of drug-likeness (QED) is 0.681. The van der Waals surface area contributed by atoms with Gasteiger partial charge in [-0.05, 0) is 12.5 Å². The van der Waals surface area contributed by atoms with Crippen molar-refractivity contribution in [2.75, 3.05) is 19.8 Å². The maximum Gasteiger partial charge on any atom is 0.111 e. The number of rotatable bonds is 7. The zero-order valence-electron chi connectivity index (χ0n) is 13.7. The highest BCUT2D eigenvalue weighted by Crippen LogP contribution is 2.30. The van der Waals surface area contributed by atoms with Gasteiger partial charge in [0, 0.05) is 17.8 Å². The van der Waals surface area contributed by atoms with E-state index in [0.717, 1.165) is 34.1 Å². The fourth-order valence-corrected chi connectivity index (χ4v) is 2.84.